The maximum atomic E-state index is 13.4. The molecule has 0 radical (unpaired) electrons. The number of benzene rings is 3. The van der Waals surface area contributed by atoms with Gasteiger partial charge in [0.2, 0.25) is 0 Å². The van der Waals surface area contributed by atoms with Crippen LogP contribution in [0.5, 0.6) is 0 Å². The van der Waals surface area contributed by atoms with Crippen molar-refractivity contribution >= 4 is 22.4 Å². The van der Waals surface area contributed by atoms with Gasteiger partial charge < -0.3 is 0 Å². The fraction of sp³-hybridized carbons (Fsp3) is 0.259. The quantitative estimate of drug-likeness (QED) is 0.391. The van der Waals surface area contributed by atoms with Gasteiger partial charge >= 0.3 is 0 Å². The zero-order valence-electron chi connectivity index (χ0n) is 18.0. The summed E-state index contributed by atoms with van der Waals surface area (Å²) in [7, 11) is 0. The van der Waals surface area contributed by atoms with Crippen LogP contribution in [0, 0.1) is 0 Å². The van der Waals surface area contributed by atoms with E-state index in [2.05, 4.69) is 35.2 Å². The molecular weight excluding hydrogens is 418 g/mol. The van der Waals surface area contributed by atoms with Crippen molar-refractivity contribution in [3.8, 4) is 11.3 Å². The average Bonchev–Trinajstić information content (AvgIpc) is 3.06. The van der Waals surface area contributed by atoms with Gasteiger partial charge in [0.1, 0.15) is 0 Å². The van der Waals surface area contributed by atoms with Crippen LogP contribution in [0.3, 0.4) is 0 Å². The molecule has 162 valence electrons. The highest BCUT2D eigenvalue weighted by Crippen LogP contribution is 2.28. The lowest BCUT2D eigenvalue weighted by molar-refractivity contribution is 0.270. The highest BCUT2D eigenvalue weighted by molar-refractivity contribution is 6.30. The van der Waals surface area contributed by atoms with Gasteiger partial charge in [-0.3, -0.25) is 9.69 Å². The van der Waals surface area contributed by atoms with Crippen molar-refractivity contribution in [1.29, 1.82) is 0 Å². The third-order valence-corrected chi connectivity index (χ3v) is 6.58. The van der Waals surface area contributed by atoms with E-state index in [1.54, 1.807) is 4.68 Å². The first-order valence-corrected chi connectivity index (χ1v) is 11.6. The van der Waals surface area contributed by atoms with Gasteiger partial charge in [-0.05, 0) is 49.6 Å². The van der Waals surface area contributed by atoms with E-state index in [1.807, 2.05) is 48.5 Å². The van der Waals surface area contributed by atoms with Gasteiger partial charge in [-0.2, -0.15) is 5.10 Å². The van der Waals surface area contributed by atoms with Crippen molar-refractivity contribution in [1.82, 2.24) is 14.7 Å². The van der Waals surface area contributed by atoms with Crippen LogP contribution in [-0.2, 0) is 6.54 Å². The molecule has 32 heavy (non-hydrogen) atoms. The third-order valence-electron chi connectivity index (χ3n) is 6.33. The molecule has 5 rings (SSSR count). The number of aromatic nitrogens is 2. The smallest absolute Gasteiger partial charge is 0.274 e. The summed E-state index contributed by atoms with van der Waals surface area (Å²) in [5, 5.41) is 7.21. The van der Waals surface area contributed by atoms with Gasteiger partial charge in [0, 0.05) is 29.1 Å². The summed E-state index contributed by atoms with van der Waals surface area (Å²) in [6.07, 6.45) is 2.92. The Balaban J connectivity index is 1.48. The van der Waals surface area contributed by atoms with Gasteiger partial charge in [0.25, 0.3) is 5.56 Å². The third kappa shape index (κ3) is 4.34. The minimum atomic E-state index is -0.000164. The molecule has 1 atom stereocenters. The van der Waals surface area contributed by atoms with E-state index >= 15 is 0 Å². The highest BCUT2D eigenvalue weighted by Gasteiger charge is 2.22. The van der Waals surface area contributed by atoms with Crippen LogP contribution in [0.4, 0.5) is 0 Å². The summed E-state index contributed by atoms with van der Waals surface area (Å²) >= 11 is 6.11. The Morgan fingerprint density at radius 3 is 2.34 bits per heavy atom. The van der Waals surface area contributed by atoms with Crippen molar-refractivity contribution in [3.05, 3.63) is 99.8 Å². The fourth-order valence-corrected chi connectivity index (χ4v) is 4.78. The molecule has 1 saturated heterocycles. The Morgan fingerprint density at radius 2 is 1.56 bits per heavy atom. The molecule has 0 spiro atoms. The van der Waals surface area contributed by atoms with Gasteiger partial charge in [-0.25, -0.2) is 4.68 Å². The Hall–Kier alpha value is -2.95. The molecule has 1 aliphatic rings. The Labute approximate surface area is 193 Å². The standard InChI is InChI=1S/C27H26ClN3O/c28-22-14-12-21(13-15-22)26-24-10-4-5-11-25(24)27(32)31(29-26)23-9-6-17-30(18-16-23)19-20-7-2-1-3-8-20/h1-5,7-8,10-15,23H,6,9,16-19H2. The predicted molar refractivity (Wildman–Crippen MR) is 131 cm³/mol. The van der Waals surface area contributed by atoms with Gasteiger partial charge in [-0.15, -0.1) is 0 Å². The van der Waals surface area contributed by atoms with Crippen molar-refractivity contribution < 1.29 is 0 Å². The van der Waals surface area contributed by atoms with Crippen LogP contribution in [0.2, 0.25) is 5.02 Å². The summed E-state index contributed by atoms with van der Waals surface area (Å²) < 4.78 is 1.75. The van der Waals surface area contributed by atoms with E-state index in [0.717, 1.165) is 60.9 Å². The molecule has 1 aromatic heterocycles. The molecule has 4 nitrogen and oxygen atoms in total. The van der Waals surface area contributed by atoms with Crippen LogP contribution >= 0.6 is 11.6 Å². The van der Waals surface area contributed by atoms with Crippen LogP contribution in [0.15, 0.2) is 83.7 Å². The number of nitrogens with zero attached hydrogens (tertiary/aromatic N) is 3. The van der Waals surface area contributed by atoms with E-state index in [0.29, 0.717) is 5.02 Å². The molecule has 3 aromatic carbocycles. The number of rotatable bonds is 4. The summed E-state index contributed by atoms with van der Waals surface area (Å²) in [6.45, 7) is 2.94. The topological polar surface area (TPSA) is 38.1 Å². The summed E-state index contributed by atoms with van der Waals surface area (Å²) in [5.74, 6) is 0. The first kappa shape index (κ1) is 20.9. The predicted octanol–water partition coefficient (Wildman–Crippen LogP) is 5.94. The molecule has 2 heterocycles. The molecule has 5 heteroatoms. The second kappa shape index (κ2) is 9.27. The molecule has 0 N–H and O–H groups in total. The van der Waals surface area contributed by atoms with Crippen molar-refractivity contribution in [2.75, 3.05) is 13.1 Å². The van der Waals surface area contributed by atoms with E-state index in [4.69, 9.17) is 16.7 Å². The molecule has 0 bridgehead atoms. The fourth-order valence-electron chi connectivity index (χ4n) is 4.66. The lowest BCUT2D eigenvalue weighted by atomic mass is 10.0. The normalized spacial score (nSPS) is 17.3. The van der Waals surface area contributed by atoms with Crippen molar-refractivity contribution in [2.24, 2.45) is 0 Å². The Bertz CT molecular complexity index is 1270. The van der Waals surface area contributed by atoms with Crippen LogP contribution in [0.1, 0.15) is 30.9 Å². The number of hydrogen-bond donors (Lipinski definition) is 0. The van der Waals surface area contributed by atoms with E-state index < -0.39 is 0 Å². The zero-order chi connectivity index (χ0) is 21.9. The Morgan fingerprint density at radius 1 is 0.844 bits per heavy atom. The largest absolute Gasteiger partial charge is 0.299 e. The van der Waals surface area contributed by atoms with Crippen LogP contribution in [-0.4, -0.2) is 27.8 Å². The number of halogens is 1. The van der Waals surface area contributed by atoms with E-state index in [1.165, 1.54) is 5.56 Å². The lowest BCUT2D eigenvalue weighted by Gasteiger charge is -2.21. The maximum absolute atomic E-state index is 13.4. The minimum Gasteiger partial charge on any atom is -0.299 e. The Kier molecular flexibility index (Phi) is 6.06. The van der Waals surface area contributed by atoms with Gasteiger partial charge in [0.15, 0.2) is 0 Å². The molecule has 1 unspecified atom stereocenters. The molecule has 1 fully saturated rings. The second-order valence-corrected chi connectivity index (χ2v) is 8.93. The SMILES string of the molecule is O=c1c2ccccc2c(-c2ccc(Cl)cc2)nn1C1CCCN(Cc2ccccc2)CC1. The summed E-state index contributed by atoms with van der Waals surface area (Å²) in [4.78, 5) is 15.9. The monoisotopic (exact) mass is 443 g/mol. The minimum absolute atomic E-state index is 0.000164. The van der Waals surface area contributed by atoms with Crippen molar-refractivity contribution in [3.63, 3.8) is 0 Å². The van der Waals surface area contributed by atoms with E-state index in [-0.39, 0.29) is 11.6 Å². The molecule has 1 aliphatic heterocycles. The first-order valence-electron chi connectivity index (χ1n) is 11.2. The first-order chi connectivity index (χ1) is 15.7. The molecule has 0 aliphatic carbocycles. The van der Waals surface area contributed by atoms with Gasteiger partial charge in [-0.1, -0.05) is 72.3 Å². The molecule has 0 saturated carbocycles. The highest BCUT2D eigenvalue weighted by atomic mass is 35.5. The zero-order valence-corrected chi connectivity index (χ0v) is 18.7. The molecule has 4 aromatic rings. The lowest BCUT2D eigenvalue weighted by Crippen LogP contribution is -2.29. The average molecular weight is 444 g/mol. The molecular formula is C27H26ClN3O. The van der Waals surface area contributed by atoms with Gasteiger partial charge in [0.05, 0.1) is 17.1 Å². The number of likely N-dealkylation sites (tertiary alicyclic amines) is 1. The maximum Gasteiger partial charge on any atom is 0.274 e. The summed E-state index contributed by atoms with van der Waals surface area (Å²) in [5.41, 5.74) is 3.14. The van der Waals surface area contributed by atoms with E-state index in [9.17, 15) is 4.79 Å². The summed E-state index contributed by atoms with van der Waals surface area (Å²) in [6, 6.07) is 26.1. The van der Waals surface area contributed by atoms with Crippen molar-refractivity contribution in [2.45, 2.75) is 31.8 Å². The second-order valence-electron chi connectivity index (χ2n) is 8.50. The van der Waals surface area contributed by atoms with Crippen LogP contribution in [0.25, 0.3) is 22.0 Å². The number of fused-ring (bicyclic) bond motifs is 1. The number of hydrogen-bond acceptors (Lipinski definition) is 3. The molecule has 0 amide bonds. The van der Waals surface area contributed by atoms with Crippen LogP contribution < -0.4 is 5.56 Å².